The molecule has 7 nitrogen and oxygen atoms in total. The third kappa shape index (κ3) is 4.50. The number of benzene rings is 1. The van der Waals surface area contributed by atoms with E-state index in [9.17, 15) is 14.7 Å². The van der Waals surface area contributed by atoms with Gasteiger partial charge in [-0.05, 0) is 55.5 Å². The van der Waals surface area contributed by atoms with Crippen LogP contribution in [0.5, 0.6) is 11.5 Å². The van der Waals surface area contributed by atoms with Gasteiger partial charge in [-0.2, -0.15) is 11.8 Å². The molecule has 1 aromatic carbocycles. The first-order chi connectivity index (χ1) is 15.4. The Balaban J connectivity index is 1.45. The highest BCUT2D eigenvalue weighted by Crippen LogP contribution is 2.43. The Morgan fingerprint density at radius 3 is 2.81 bits per heavy atom. The highest BCUT2D eigenvalue weighted by molar-refractivity contribution is 7.99. The summed E-state index contributed by atoms with van der Waals surface area (Å²) in [5.41, 5.74) is -0.0495. The van der Waals surface area contributed by atoms with Crippen molar-refractivity contribution in [2.45, 2.75) is 38.1 Å². The van der Waals surface area contributed by atoms with Crippen molar-refractivity contribution in [1.29, 1.82) is 0 Å². The standard InChI is InChI=1S/C24H28N2O5S/c1-16-13-20(27)22(29)23(31-16)24(6-11-32-12-7-24)15-21(28)25-8-10-26-9-5-17-14-18(30-2)3-4-19(17)26/h3-5,9,13-14,29H,6-8,10-12,15H2,1-2H3,(H,25,28). The predicted molar refractivity (Wildman–Crippen MR) is 126 cm³/mol. The number of nitrogens with zero attached hydrogens (tertiary/aromatic N) is 1. The molecule has 0 radical (unpaired) electrons. The zero-order chi connectivity index (χ0) is 22.7. The van der Waals surface area contributed by atoms with Crippen LogP contribution in [0.2, 0.25) is 0 Å². The van der Waals surface area contributed by atoms with E-state index in [1.54, 1.807) is 14.0 Å². The number of ether oxygens (including phenoxy) is 1. The number of nitrogens with one attached hydrogen (secondary N) is 1. The lowest BCUT2D eigenvalue weighted by atomic mass is 9.75. The monoisotopic (exact) mass is 456 g/mol. The molecule has 3 heterocycles. The molecule has 3 aromatic rings. The quantitative estimate of drug-likeness (QED) is 0.564. The van der Waals surface area contributed by atoms with Gasteiger partial charge in [-0.1, -0.05) is 0 Å². The minimum atomic E-state index is -0.665. The van der Waals surface area contributed by atoms with E-state index in [4.69, 9.17) is 9.15 Å². The van der Waals surface area contributed by atoms with Crippen molar-refractivity contribution in [2.24, 2.45) is 0 Å². The van der Waals surface area contributed by atoms with Crippen LogP contribution in [0.3, 0.4) is 0 Å². The van der Waals surface area contributed by atoms with Crippen molar-refractivity contribution < 1.29 is 19.1 Å². The molecule has 8 heteroatoms. The summed E-state index contributed by atoms with van der Waals surface area (Å²) in [6.07, 6.45) is 3.52. The molecule has 0 saturated carbocycles. The van der Waals surface area contributed by atoms with Gasteiger partial charge in [0, 0.05) is 48.1 Å². The molecule has 0 atom stereocenters. The van der Waals surface area contributed by atoms with Crippen molar-refractivity contribution in [3.8, 4) is 11.5 Å². The van der Waals surface area contributed by atoms with E-state index in [1.165, 1.54) is 6.07 Å². The highest BCUT2D eigenvalue weighted by atomic mass is 32.2. The summed E-state index contributed by atoms with van der Waals surface area (Å²) in [5, 5.41) is 14.5. The fraction of sp³-hybridized carbons (Fsp3) is 0.417. The lowest BCUT2D eigenvalue weighted by Crippen LogP contribution is -2.39. The second-order valence-electron chi connectivity index (χ2n) is 8.25. The fourth-order valence-corrected chi connectivity index (χ4v) is 5.67. The number of aromatic nitrogens is 1. The van der Waals surface area contributed by atoms with Gasteiger partial charge in [0.05, 0.1) is 7.11 Å². The fourth-order valence-electron chi connectivity index (χ4n) is 4.40. The summed E-state index contributed by atoms with van der Waals surface area (Å²) in [7, 11) is 1.65. The maximum atomic E-state index is 12.9. The van der Waals surface area contributed by atoms with Gasteiger partial charge in [0.25, 0.3) is 0 Å². The van der Waals surface area contributed by atoms with Crippen LogP contribution in [-0.2, 0) is 16.8 Å². The summed E-state index contributed by atoms with van der Waals surface area (Å²) >= 11 is 1.81. The molecule has 1 aliphatic heterocycles. The number of thioether (sulfide) groups is 1. The molecular formula is C24H28N2O5S. The van der Waals surface area contributed by atoms with Crippen LogP contribution >= 0.6 is 11.8 Å². The molecule has 2 aromatic heterocycles. The van der Waals surface area contributed by atoms with E-state index in [-0.39, 0.29) is 23.8 Å². The summed E-state index contributed by atoms with van der Waals surface area (Å²) in [6.45, 7) is 2.80. The molecule has 1 saturated heterocycles. The van der Waals surface area contributed by atoms with Crippen molar-refractivity contribution in [2.75, 3.05) is 25.2 Å². The van der Waals surface area contributed by atoms with Crippen LogP contribution in [-0.4, -0.2) is 40.7 Å². The Kier molecular flexibility index (Phi) is 6.50. The highest BCUT2D eigenvalue weighted by Gasteiger charge is 2.41. The van der Waals surface area contributed by atoms with E-state index in [1.807, 2.05) is 42.2 Å². The number of aryl methyl sites for hydroxylation is 1. The lowest BCUT2D eigenvalue weighted by Gasteiger charge is -2.35. The molecule has 170 valence electrons. The summed E-state index contributed by atoms with van der Waals surface area (Å²) in [6, 6.07) is 9.22. The number of methoxy groups -OCH3 is 1. The smallest absolute Gasteiger partial charge is 0.227 e. The first-order valence-corrected chi connectivity index (χ1v) is 11.9. The topological polar surface area (TPSA) is 93.7 Å². The largest absolute Gasteiger partial charge is 0.502 e. The first kappa shape index (κ1) is 22.3. The second-order valence-corrected chi connectivity index (χ2v) is 9.48. The Bertz CT molecular complexity index is 1180. The van der Waals surface area contributed by atoms with Crippen LogP contribution < -0.4 is 15.5 Å². The van der Waals surface area contributed by atoms with E-state index in [0.717, 1.165) is 28.2 Å². The Morgan fingerprint density at radius 1 is 1.28 bits per heavy atom. The average Bonchev–Trinajstić information content (AvgIpc) is 3.19. The van der Waals surface area contributed by atoms with Crippen LogP contribution in [0.1, 0.15) is 30.8 Å². The number of rotatable bonds is 7. The average molecular weight is 457 g/mol. The number of fused-ring (bicyclic) bond motifs is 1. The first-order valence-electron chi connectivity index (χ1n) is 10.7. The van der Waals surface area contributed by atoms with Crippen molar-refractivity contribution in [3.63, 3.8) is 0 Å². The number of aromatic hydroxyl groups is 1. The molecule has 0 aliphatic carbocycles. The molecule has 0 unspecified atom stereocenters. The summed E-state index contributed by atoms with van der Waals surface area (Å²) in [4.78, 5) is 25.1. The SMILES string of the molecule is COc1ccc2c(ccn2CCNC(=O)CC2(c3oc(C)cc(=O)c3O)CCSCC2)c1. The van der Waals surface area contributed by atoms with Gasteiger partial charge in [-0.3, -0.25) is 9.59 Å². The van der Waals surface area contributed by atoms with E-state index in [2.05, 4.69) is 9.88 Å². The third-order valence-corrected chi connectivity index (χ3v) is 7.12. The number of carbonyl (C=O) groups excluding carboxylic acids is 1. The molecule has 32 heavy (non-hydrogen) atoms. The van der Waals surface area contributed by atoms with Crippen molar-refractivity contribution >= 4 is 28.6 Å². The van der Waals surface area contributed by atoms with Crippen LogP contribution in [0, 0.1) is 6.92 Å². The van der Waals surface area contributed by atoms with Crippen LogP contribution in [0.15, 0.2) is 45.7 Å². The van der Waals surface area contributed by atoms with Gasteiger partial charge in [-0.25, -0.2) is 0 Å². The molecule has 1 amide bonds. The van der Waals surface area contributed by atoms with E-state index in [0.29, 0.717) is 31.7 Å². The lowest BCUT2D eigenvalue weighted by molar-refractivity contribution is -0.122. The van der Waals surface area contributed by atoms with Gasteiger partial charge in [0.2, 0.25) is 17.1 Å². The zero-order valence-corrected chi connectivity index (χ0v) is 19.2. The minimum absolute atomic E-state index is 0.112. The third-order valence-electron chi connectivity index (χ3n) is 6.13. The minimum Gasteiger partial charge on any atom is -0.502 e. The number of hydrogen-bond acceptors (Lipinski definition) is 6. The maximum Gasteiger partial charge on any atom is 0.227 e. The Hall–Kier alpha value is -2.87. The Morgan fingerprint density at radius 2 is 2.06 bits per heavy atom. The molecular weight excluding hydrogens is 428 g/mol. The molecule has 1 aliphatic rings. The Labute approximate surface area is 190 Å². The maximum absolute atomic E-state index is 12.9. The number of amides is 1. The van der Waals surface area contributed by atoms with Gasteiger partial charge in [0.15, 0.2) is 5.76 Å². The van der Waals surface area contributed by atoms with Gasteiger partial charge < -0.3 is 24.1 Å². The van der Waals surface area contributed by atoms with Gasteiger partial charge in [0.1, 0.15) is 11.5 Å². The molecule has 2 N–H and O–H groups in total. The summed E-state index contributed by atoms with van der Waals surface area (Å²) in [5.74, 6) is 2.72. The molecule has 0 bridgehead atoms. The summed E-state index contributed by atoms with van der Waals surface area (Å²) < 4.78 is 13.2. The van der Waals surface area contributed by atoms with Crippen molar-refractivity contribution in [1.82, 2.24) is 9.88 Å². The van der Waals surface area contributed by atoms with Crippen molar-refractivity contribution in [3.05, 3.63) is 58.3 Å². The molecule has 4 rings (SSSR count). The van der Waals surface area contributed by atoms with Crippen LogP contribution in [0.25, 0.3) is 10.9 Å². The van der Waals surface area contributed by atoms with E-state index >= 15 is 0 Å². The van der Waals surface area contributed by atoms with E-state index < -0.39 is 10.8 Å². The zero-order valence-electron chi connectivity index (χ0n) is 18.3. The van der Waals surface area contributed by atoms with Gasteiger partial charge >= 0.3 is 0 Å². The van der Waals surface area contributed by atoms with Crippen LogP contribution in [0.4, 0.5) is 0 Å². The molecule has 1 fully saturated rings. The predicted octanol–water partition coefficient (Wildman–Crippen LogP) is 3.59. The second kappa shape index (κ2) is 9.32. The number of hydrogen-bond donors (Lipinski definition) is 2. The normalized spacial score (nSPS) is 15.6. The van der Waals surface area contributed by atoms with Gasteiger partial charge in [-0.15, -0.1) is 0 Å². The number of carbonyl (C=O) groups is 1. The molecule has 0 spiro atoms.